The van der Waals surface area contributed by atoms with Crippen LogP contribution in [0.1, 0.15) is 16.7 Å². The van der Waals surface area contributed by atoms with E-state index in [-0.39, 0.29) is 18.7 Å². The minimum atomic E-state index is -0.826. The van der Waals surface area contributed by atoms with Gasteiger partial charge in [-0.1, -0.05) is 12.1 Å². The van der Waals surface area contributed by atoms with Gasteiger partial charge in [0.05, 0.1) is 11.9 Å². The van der Waals surface area contributed by atoms with Crippen LogP contribution in [0.25, 0.3) is 11.0 Å². The largest absolute Gasteiger partial charge is 0.490 e. The van der Waals surface area contributed by atoms with Crippen LogP contribution < -0.4 is 10.3 Å². The second-order valence-corrected chi connectivity index (χ2v) is 6.19. The molecule has 0 aliphatic rings. The van der Waals surface area contributed by atoms with E-state index in [0.29, 0.717) is 11.0 Å². The zero-order valence-corrected chi connectivity index (χ0v) is 14.6. The van der Waals surface area contributed by atoms with Gasteiger partial charge in [-0.05, 0) is 49.6 Å². The van der Waals surface area contributed by atoms with Crippen molar-refractivity contribution in [3.63, 3.8) is 0 Å². The number of ether oxygens (including phenoxy) is 1. The molecule has 0 radical (unpaired) electrons. The van der Waals surface area contributed by atoms with Gasteiger partial charge < -0.3 is 9.84 Å². The predicted octanol–water partition coefficient (Wildman–Crippen LogP) is 2.16. The Labute approximate surface area is 145 Å². The summed E-state index contributed by atoms with van der Waals surface area (Å²) in [5, 5.41) is 10.7. The van der Waals surface area contributed by atoms with Crippen molar-refractivity contribution in [3.8, 4) is 5.75 Å². The zero-order valence-electron chi connectivity index (χ0n) is 14.6. The first kappa shape index (κ1) is 17.1. The molecule has 25 heavy (non-hydrogen) atoms. The summed E-state index contributed by atoms with van der Waals surface area (Å²) >= 11 is 0. The molecule has 3 aromatic rings. The Morgan fingerprint density at radius 1 is 1.16 bits per heavy atom. The molecule has 0 amide bonds. The van der Waals surface area contributed by atoms with Crippen LogP contribution in [0.2, 0.25) is 0 Å². The molecular formula is C19H21N3O3. The fraction of sp³-hybridized carbons (Fsp3) is 0.316. The number of fused-ring (bicyclic) bond motifs is 1. The van der Waals surface area contributed by atoms with E-state index in [2.05, 4.69) is 9.97 Å². The highest BCUT2D eigenvalue weighted by atomic mass is 16.5. The molecular weight excluding hydrogens is 318 g/mol. The van der Waals surface area contributed by atoms with Gasteiger partial charge in [0, 0.05) is 6.20 Å². The molecule has 1 unspecified atom stereocenters. The van der Waals surface area contributed by atoms with Gasteiger partial charge in [-0.25, -0.2) is 9.97 Å². The number of hydrogen-bond acceptors (Lipinski definition) is 5. The van der Waals surface area contributed by atoms with E-state index in [1.807, 2.05) is 32.9 Å². The Hall–Kier alpha value is -2.73. The average molecular weight is 339 g/mol. The summed E-state index contributed by atoms with van der Waals surface area (Å²) in [5.74, 6) is 0.784. The molecule has 0 fully saturated rings. The van der Waals surface area contributed by atoms with Gasteiger partial charge in [-0.2, -0.15) is 0 Å². The van der Waals surface area contributed by atoms with Gasteiger partial charge >= 0.3 is 0 Å². The van der Waals surface area contributed by atoms with Gasteiger partial charge in [-0.15, -0.1) is 0 Å². The van der Waals surface area contributed by atoms with Gasteiger partial charge in [0.1, 0.15) is 24.8 Å². The summed E-state index contributed by atoms with van der Waals surface area (Å²) in [5.41, 5.74) is 3.40. The van der Waals surface area contributed by atoms with Crippen LogP contribution in [0, 0.1) is 20.8 Å². The molecule has 0 saturated carbocycles. The normalized spacial score (nSPS) is 12.3. The molecule has 1 N–H and O–H groups in total. The van der Waals surface area contributed by atoms with Crippen molar-refractivity contribution in [2.45, 2.75) is 33.4 Å². The molecule has 2 aromatic heterocycles. The highest BCUT2D eigenvalue weighted by Crippen LogP contribution is 2.25. The summed E-state index contributed by atoms with van der Waals surface area (Å²) in [6, 6.07) is 7.41. The number of pyridine rings is 1. The van der Waals surface area contributed by atoms with Crippen molar-refractivity contribution in [1.29, 1.82) is 0 Å². The first-order valence-electron chi connectivity index (χ1n) is 8.15. The van der Waals surface area contributed by atoms with Crippen LogP contribution in [0.5, 0.6) is 5.75 Å². The maximum Gasteiger partial charge on any atom is 0.262 e. The minimum absolute atomic E-state index is 0.0999. The Bertz CT molecular complexity index is 966. The standard InChI is InChI=1S/C19H21N3O3/c1-12-6-7-13(2)17(14(12)3)25-10-15(23)9-22-11-21-18-16(19(22)24)5-4-8-20-18/h4-8,11,15,23H,9-10H2,1-3H3. The molecule has 0 saturated heterocycles. The Kier molecular flexibility index (Phi) is 4.81. The van der Waals surface area contributed by atoms with E-state index >= 15 is 0 Å². The van der Waals surface area contributed by atoms with Crippen LogP contribution in [0.4, 0.5) is 0 Å². The second kappa shape index (κ2) is 7.03. The SMILES string of the molecule is Cc1ccc(C)c(OCC(O)Cn2cnc3ncccc3c2=O)c1C. The summed E-state index contributed by atoms with van der Waals surface area (Å²) in [7, 11) is 0. The molecule has 1 atom stereocenters. The van der Waals surface area contributed by atoms with E-state index in [9.17, 15) is 9.90 Å². The van der Waals surface area contributed by atoms with Gasteiger partial charge in [-0.3, -0.25) is 9.36 Å². The molecule has 0 aliphatic carbocycles. The second-order valence-electron chi connectivity index (χ2n) is 6.19. The Morgan fingerprint density at radius 2 is 1.92 bits per heavy atom. The van der Waals surface area contributed by atoms with Crippen molar-refractivity contribution >= 4 is 11.0 Å². The third kappa shape index (κ3) is 3.53. The third-order valence-corrected chi connectivity index (χ3v) is 4.30. The molecule has 0 spiro atoms. The third-order valence-electron chi connectivity index (χ3n) is 4.30. The van der Waals surface area contributed by atoms with Crippen LogP contribution >= 0.6 is 0 Å². The topological polar surface area (TPSA) is 77.2 Å². The van der Waals surface area contributed by atoms with Gasteiger partial charge in [0.15, 0.2) is 5.65 Å². The number of benzene rings is 1. The molecule has 1 aromatic carbocycles. The lowest BCUT2D eigenvalue weighted by molar-refractivity contribution is 0.0908. The fourth-order valence-corrected chi connectivity index (χ4v) is 2.74. The van der Waals surface area contributed by atoms with Crippen LogP contribution in [0.15, 0.2) is 41.6 Å². The minimum Gasteiger partial charge on any atom is -0.490 e. The van der Waals surface area contributed by atoms with Crippen LogP contribution in [-0.2, 0) is 6.54 Å². The summed E-state index contributed by atoms with van der Waals surface area (Å²) < 4.78 is 7.19. The van der Waals surface area contributed by atoms with E-state index in [0.717, 1.165) is 22.4 Å². The van der Waals surface area contributed by atoms with Crippen LogP contribution in [-0.4, -0.2) is 32.4 Å². The summed E-state index contributed by atoms with van der Waals surface area (Å²) in [6.07, 6.45) is 2.17. The number of rotatable bonds is 5. The predicted molar refractivity (Wildman–Crippen MR) is 96.0 cm³/mol. The number of aliphatic hydroxyl groups excluding tert-OH is 1. The smallest absolute Gasteiger partial charge is 0.262 e. The number of aliphatic hydroxyl groups is 1. The number of hydrogen-bond donors (Lipinski definition) is 1. The quantitative estimate of drug-likeness (QED) is 0.771. The van der Waals surface area contributed by atoms with Crippen molar-refractivity contribution in [1.82, 2.24) is 14.5 Å². The summed E-state index contributed by atoms with van der Waals surface area (Å²) in [4.78, 5) is 20.6. The number of aryl methyl sites for hydroxylation is 2. The van der Waals surface area contributed by atoms with E-state index < -0.39 is 6.10 Å². The Morgan fingerprint density at radius 3 is 2.72 bits per heavy atom. The highest BCUT2D eigenvalue weighted by molar-refractivity contribution is 5.72. The van der Waals surface area contributed by atoms with Crippen molar-refractivity contribution in [2.24, 2.45) is 0 Å². The van der Waals surface area contributed by atoms with E-state index in [1.165, 1.54) is 10.9 Å². The Balaban J connectivity index is 1.74. The van der Waals surface area contributed by atoms with Crippen LogP contribution in [0.3, 0.4) is 0 Å². The summed E-state index contributed by atoms with van der Waals surface area (Å²) in [6.45, 7) is 6.20. The first-order valence-corrected chi connectivity index (χ1v) is 8.15. The lowest BCUT2D eigenvalue weighted by atomic mass is 10.1. The van der Waals surface area contributed by atoms with Crippen molar-refractivity contribution in [2.75, 3.05) is 6.61 Å². The monoisotopic (exact) mass is 339 g/mol. The van der Waals surface area contributed by atoms with E-state index in [1.54, 1.807) is 18.3 Å². The molecule has 0 bridgehead atoms. The average Bonchev–Trinajstić information content (AvgIpc) is 2.61. The molecule has 3 rings (SSSR count). The lowest BCUT2D eigenvalue weighted by Crippen LogP contribution is -2.30. The zero-order chi connectivity index (χ0) is 18.0. The molecule has 0 aliphatic heterocycles. The number of nitrogens with zero attached hydrogens (tertiary/aromatic N) is 3. The molecule has 6 heteroatoms. The lowest BCUT2D eigenvalue weighted by Gasteiger charge is -2.17. The number of aromatic nitrogens is 3. The van der Waals surface area contributed by atoms with Gasteiger partial charge in [0.25, 0.3) is 5.56 Å². The van der Waals surface area contributed by atoms with Crippen molar-refractivity contribution in [3.05, 3.63) is 63.8 Å². The first-order chi connectivity index (χ1) is 12.0. The fourth-order valence-electron chi connectivity index (χ4n) is 2.74. The molecule has 130 valence electrons. The van der Waals surface area contributed by atoms with Crippen molar-refractivity contribution < 1.29 is 9.84 Å². The maximum absolute atomic E-state index is 12.4. The van der Waals surface area contributed by atoms with Gasteiger partial charge in [0.2, 0.25) is 0 Å². The van der Waals surface area contributed by atoms with E-state index in [4.69, 9.17) is 4.74 Å². The maximum atomic E-state index is 12.4. The highest BCUT2D eigenvalue weighted by Gasteiger charge is 2.13. The molecule has 6 nitrogen and oxygen atoms in total. The molecule has 2 heterocycles.